The number of carbonyl (C=O) groups is 1. The van der Waals surface area contributed by atoms with Gasteiger partial charge in [-0.3, -0.25) is 4.79 Å². The van der Waals surface area contributed by atoms with Crippen LogP contribution in [0.25, 0.3) is 0 Å². The first-order chi connectivity index (χ1) is 11.8. The van der Waals surface area contributed by atoms with Crippen molar-refractivity contribution in [1.29, 1.82) is 5.26 Å². The first-order valence-corrected chi connectivity index (χ1v) is 9.20. The van der Waals surface area contributed by atoms with Gasteiger partial charge in [0.25, 0.3) is 0 Å². The smallest absolute Gasteiger partial charge is 0.239 e. The molecule has 1 N–H and O–H groups in total. The van der Waals surface area contributed by atoms with Crippen molar-refractivity contribution in [3.8, 4) is 6.07 Å². The van der Waals surface area contributed by atoms with E-state index in [1.807, 2.05) is 25.1 Å². The van der Waals surface area contributed by atoms with Crippen LogP contribution in [0.4, 0.5) is 5.69 Å². The summed E-state index contributed by atoms with van der Waals surface area (Å²) < 4.78 is 25.8. The SMILES string of the molecule is Cc1ccc(NC(=O)CN(C)S(=O)(=O)Cc2cccc(C#N)c2)cc1. The number of rotatable bonds is 6. The molecule has 0 aliphatic heterocycles. The Bertz CT molecular complexity index is 900. The summed E-state index contributed by atoms with van der Waals surface area (Å²) in [7, 11) is -2.31. The van der Waals surface area contributed by atoms with Gasteiger partial charge in [0.1, 0.15) is 0 Å². The molecule has 7 heteroatoms. The van der Waals surface area contributed by atoms with E-state index in [0.29, 0.717) is 16.8 Å². The van der Waals surface area contributed by atoms with Crippen molar-refractivity contribution in [2.75, 3.05) is 18.9 Å². The maximum absolute atomic E-state index is 12.4. The van der Waals surface area contributed by atoms with Crippen molar-refractivity contribution < 1.29 is 13.2 Å². The number of carbonyl (C=O) groups excluding carboxylic acids is 1. The van der Waals surface area contributed by atoms with Crippen LogP contribution >= 0.6 is 0 Å². The number of benzene rings is 2. The second kappa shape index (κ2) is 7.92. The summed E-state index contributed by atoms with van der Waals surface area (Å²) in [5.41, 5.74) is 2.58. The van der Waals surface area contributed by atoms with Crippen LogP contribution in [-0.4, -0.2) is 32.2 Å². The molecule has 0 bridgehead atoms. The fourth-order valence-corrected chi connectivity index (χ4v) is 3.32. The molecule has 2 aromatic rings. The van der Waals surface area contributed by atoms with Gasteiger partial charge in [-0.05, 0) is 36.8 Å². The van der Waals surface area contributed by atoms with Crippen LogP contribution in [0.3, 0.4) is 0 Å². The number of likely N-dealkylation sites (N-methyl/N-ethyl adjacent to an activating group) is 1. The highest BCUT2D eigenvalue weighted by Gasteiger charge is 2.21. The van der Waals surface area contributed by atoms with Crippen molar-refractivity contribution in [2.24, 2.45) is 0 Å². The number of nitrogens with one attached hydrogen (secondary N) is 1. The van der Waals surface area contributed by atoms with Crippen molar-refractivity contribution in [2.45, 2.75) is 12.7 Å². The Balaban J connectivity index is 2.00. The van der Waals surface area contributed by atoms with E-state index in [4.69, 9.17) is 5.26 Å². The molecule has 0 spiro atoms. The molecule has 130 valence electrons. The zero-order valence-corrected chi connectivity index (χ0v) is 14.9. The Hall–Kier alpha value is -2.69. The van der Waals surface area contributed by atoms with Gasteiger partial charge in [0.05, 0.1) is 23.9 Å². The molecule has 0 saturated heterocycles. The van der Waals surface area contributed by atoms with Gasteiger partial charge in [-0.2, -0.15) is 9.57 Å². The van der Waals surface area contributed by atoms with Crippen LogP contribution < -0.4 is 5.32 Å². The van der Waals surface area contributed by atoms with Crippen LogP contribution in [0.1, 0.15) is 16.7 Å². The van der Waals surface area contributed by atoms with Crippen LogP contribution in [-0.2, 0) is 20.6 Å². The predicted octanol–water partition coefficient (Wildman–Crippen LogP) is 2.27. The molecule has 0 aliphatic carbocycles. The van der Waals surface area contributed by atoms with Crippen LogP contribution in [0, 0.1) is 18.3 Å². The van der Waals surface area contributed by atoms with Gasteiger partial charge in [-0.1, -0.05) is 29.8 Å². The average Bonchev–Trinajstić information content (AvgIpc) is 2.56. The minimum absolute atomic E-state index is 0.267. The number of sulfonamides is 1. The summed E-state index contributed by atoms with van der Waals surface area (Å²) in [5.74, 6) is -0.683. The van der Waals surface area contributed by atoms with Crippen molar-refractivity contribution in [1.82, 2.24) is 4.31 Å². The second-order valence-electron chi connectivity index (χ2n) is 5.74. The number of amides is 1. The summed E-state index contributed by atoms with van der Waals surface area (Å²) in [6.45, 7) is 1.65. The molecule has 0 radical (unpaired) electrons. The van der Waals surface area contributed by atoms with E-state index in [0.717, 1.165) is 9.87 Å². The Kier molecular flexibility index (Phi) is 5.91. The maximum atomic E-state index is 12.4. The predicted molar refractivity (Wildman–Crippen MR) is 96.2 cm³/mol. The minimum atomic E-state index is -3.67. The van der Waals surface area contributed by atoms with Crippen molar-refractivity contribution in [3.05, 3.63) is 65.2 Å². The quantitative estimate of drug-likeness (QED) is 0.859. The minimum Gasteiger partial charge on any atom is -0.325 e. The lowest BCUT2D eigenvalue weighted by atomic mass is 10.2. The van der Waals surface area contributed by atoms with Crippen LogP contribution in [0.2, 0.25) is 0 Å². The Morgan fingerprint density at radius 2 is 1.88 bits per heavy atom. The summed E-state index contributed by atoms with van der Waals surface area (Å²) in [4.78, 5) is 12.0. The summed E-state index contributed by atoms with van der Waals surface area (Å²) in [6.07, 6.45) is 0. The van der Waals surface area contributed by atoms with E-state index in [1.165, 1.54) is 13.1 Å². The fraction of sp³-hybridized carbons (Fsp3) is 0.222. The van der Waals surface area contributed by atoms with E-state index in [-0.39, 0.29) is 12.3 Å². The lowest BCUT2D eigenvalue weighted by Crippen LogP contribution is -2.35. The van der Waals surface area contributed by atoms with E-state index in [9.17, 15) is 13.2 Å². The summed E-state index contributed by atoms with van der Waals surface area (Å²) in [5, 5.41) is 11.5. The number of aryl methyl sites for hydroxylation is 1. The second-order valence-corrected chi connectivity index (χ2v) is 7.81. The van der Waals surface area contributed by atoms with E-state index in [2.05, 4.69) is 5.32 Å². The first kappa shape index (κ1) is 18.6. The lowest BCUT2D eigenvalue weighted by molar-refractivity contribution is -0.116. The van der Waals surface area contributed by atoms with Gasteiger partial charge in [0.15, 0.2) is 0 Å². The molecule has 0 aliphatic rings. The van der Waals surface area contributed by atoms with Gasteiger partial charge in [0, 0.05) is 12.7 Å². The third-order valence-corrected chi connectivity index (χ3v) is 5.36. The largest absolute Gasteiger partial charge is 0.325 e. The molecular formula is C18H19N3O3S. The molecule has 0 saturated carbocycles. The molecule has 25 heavy (non-hydrogen) atoms. The van der Waals surface area contributed by atoms with Crippen molar-refractivity contribution in [3.63, 3.8) is 0 Å². The van der Waals surface area contributed by atoms with Crippen molar-refractivity contribution >= 4 is 21.6 Å². The number of nitriles is 1. The van der Waals surface area contributed by atoms with E-state index >= 15 is 0 Å². The molecule has 0 unspecified atom stereocenters. The van der Waals surface area contributed by atoms with E-state index in [1.54, 1.807) is 30.3 Å². The third-order valence-electron chi connectivity index (χ3n) is 3.58. The molecule has 2 rings (SSSR count). The summed E-state index contributed by atoms with van der Waals surface area (Å²) >= 11 is 0. The summed E-state index contributed by atoms with van der Waals surface area (Å²) in [6, 6.07) is 15.6. The number of anilines is 1. The highest BCUT2D eigenvalue weighted by Crippen LogP contribution is 2.12. The highest BCUT2D eigenvalue weighted by atomic mass is 32.2. The zero-order chi connectivity index (χ0) is 18.4. The molecule has 0 heterocycles. The Morgan fingerprint density at radius 1 is 1.20 bits per heavy atom. The topological polar surface area (TPSA) is 90.3 Å². The molecule has 0 atom stereocenters. The molecule has 2 aromatic carbocycles. The van der Waals surface area contributed by atoms with E-state index < -0.39 is 15.9 Å². The first-order valence-electron chi connectivity index (χ1n) is 7.60. The Labute approximate surface area is 147 Å². The number of hydrogen-bond acceptors (Lipinski definition) is 4. The van der Waals surface area contributed by atoms with Crippen LogP contribution in [0.5, 0.6) is 0 Å². The molecule has 1 amide bonds. The average molecular weight is 357 g/mol. The Morgan fingerprint density at radius 3 is 2.52 bits per heavy atom. The molecule has 0 fully saturated rings. The lowest BCUT2D eigenvalue weighted by Gasteiger charge is -2.17. The highest BCUT2D eigenvalue weighted by molar-refractivity contribution is 7.88. The fourth-order valence-electron chi connectivity index (χ4n) is 2.19. The van der Waals surface area contributed by atoms with Gasteiger partial charge in [0.2, 0.25) is 15.9 Å². The standard InChI is InChI=1S/C18H19N3O3S/c1-14-6-8-17(9-7-14)20-18(22)12-21(2)25(23,24)13-16-5-3-4-15(10-16)11-19/h3-10H,12-13H2,1-2H3,(H,20,22). The zero-order valence-electron chi connectivity index (χ0n) is 14.1. The number of hydrogen-bond donors (Lipinski definition) is 1. The third kappa shape index (κ3) is 5.41. The number of nitrogens with zero attached hydrogens (tertiary/aromatic N) is 2. The molecular weight excluding hydrogens is 338 g/mol. The van der Waals surface area contributed by atoms with Gasteiger partial charge < -0.3 is 5.32 Å². The molecule has 0 aromatic heterocycles. The normalized spacial score (nSPS) is 11.1. The monoisotopic (exact) mass is 357 g/mol. The maximum Gasteiger partial charge on any atom is 0.239 e. The van der Waals surface area contributed by atoms with Gasteiger partial charge in [-0.15, -0.1) is 0 Å². The van der Waals surface area contributed by atoms with Crippen LogP contribution in [0.15, 0.2) is 48.5 Å². The van der Waals surface area contributed by atoms with Gasteiger partial charge >= 0.3 is 0 Å². The molecule has 6 nitrogen and oxygen atoms in total. The van der Waals surface area contributed by atoms with Gasteiger partial charge in [-0.25, -0.2) is 8.42 Å².